The predicted molar refractivity (Wildman–Crippen MR) is 109 cm³/mol. The van der Waals surface area contributed by atoms with Gasteiger partial charge in [-0.25, -0.2) is 17.8 Å². The van der Waals surface area contributed by atoms with Crippen molar-refractivity contribution in [2.75, 3.05) is 26.3 Å². The molecule has 0 bridgehead atoms. The first-order chi connectivity index (χ1) is 14.4. The van der Waals surface area contributed by atoms with Gasteiger partial charge in [-0.15, -0.1) is 0 Å². The molecule has 0 aromatic heterocycles. The maximum atomic E-state index is 13.8. The maximum absolute atomic E-state index is 13.8. The molecule has 1 aliphatic carbocycles. The number of nitrogens with one attached hydrogen (secondary N) is 1. The van der Waals surface area contributed by atoms with Gasteiger partial charge in [-0.3, -0.25) is 4.99 Å². The van der Waals surface area contributed by atoms with Crippen LogP contribution in [0.1, 0.15) is 29.5 Å². The topological polar surface area (TPSA) is 95.5 Å². The third-order valence-corrected chi connectivity index (χ3v) is 6.04. The Morgan fingerprint density at radius 3 is 2.80 bits per heavy atom. The van der Waals surface area contributed by atoms with Crippen molar-refractivity contribution in [1.29, 1.82) is 10.0 Å². The minimum absolute atomic E-state index is 0.0901. The third-order valence-electron chi connectivity index (χ3n) is 4.68. The molecule has 0 spiro atoms. The predicted octanol–water partition coefficient (Wildman–Crippen LogP) is 4.59. The molecule has 1 aliphatic rings. The monoisotopic (exact) mass is 433 g/mol. The van der Waals surface area contributed by atoms with E-state index in [9.17, 15) is 13.0 Å². The zero-order valence-corrected chi connectivity index (χ0v) is 17.2. The van der Waals surface area contributed by atoms with Gasteiger partial charge < -0.3 is 9.47 Å². The Balaban J connectivity index is 2.05. The van der Waals surface area contributed by atoms with Crippen molar-refractivity contribution >= 4 is 15.4 Å². The minimum Gasteiger partial charge on any atom is -0.457 e. The molecule has 0 aliphatic heterocycles. The standard InChI is InChI=1S/C21H21F2N3O3S/c1-28-8-2-7-26-18-4-3-17-19(5-6-20(21(17)18)30(25,27)13-22)29-16-10-14(12-24)9-15(23)11-16/h5-6,9-11,25H,2-4,7-8,13H2,1H3. The van der Waals surface area contributed by atoms with Crippen LogP contribution >= 0.6 is 0 Å². The summed E-state index contributed by atoms with van der Waals surface area (Å²) in [6, 6.07) is 7.15. The Morgan fingerprint density at radius 2 is 2.10 bits per heavy atom. The van der Waals surface area contributed by atoms with Gasteiger partial charge in [0.05, 0.1) is 16.5 Å². The molecule has 0 radical (unpaired) electrons. The van der Waals surface area contributed by atoms with Crippen molar-refractivity contribution in [2.24, 2.45) is 4.99 Å². The Morgan fingerprint density at radius 1 is 1.30 bits per heavy atom. The fourth-order valence-electron chi connectivity index (χ4n) is 3.36. The summed E-state index contributed by atoms with van der Waals surface area (Å²) >= 11 is 0. The largest absolute Gasteiger partial charge is 0.457 e. The van der Waals surface area contributed by atoms with Crippen LogP contribution in [-0.4, -0.2) is 36.2 Å². The van der Waals surface area contributed by atoms with Gasteiger partial charge in [-0.05, 0) is 43.5 Å². The Hall–Kier alpha value is -2.83. The Bertz CT molecular complexity index is 1130. The van der Waals surface area contributed by atoms with E-state index in [4.69, 9.17) is 19.5 Å². The quantitative estimate of drug-likeness (QED) is 0.616. The van der Waals surface area contributed by atoms with Gasteiger partial charge in [-0.2, -0.15) is 5.26 Å². The molecule has 0 heterocycles. The van der Waals surface area contributed by atoms with E-state index in [0.717, 1.165) is 12.1 Å². The molecular formula is C21H21F2N3O3S. The molecule has 2 aromatic rings. The summed E-state index contributed by atoms with van der Waals surface area (Å²) < 4.78 is 58.4. The summed E-state index contributed by atoms with van der Waals surface area (Å²) in [6.45, 7) is 1.03. The van der Waals surface area contributed by atoms with Gasteiger partial charge in [0.2, 0.25) is 0 Å². The second-order valence-electron chi connectivity index (χ2n) is 6.76. The second-order valence-corrected chi connectivity index (χ2v) is 8.77. The first-order valence-corrected chi connectivity index (χ1v) is 11.0. The van der Waals surface area contributed by atoms with Crippen LogP contribution in [0.5, 0.6) is 11.5 Å². The van der Waals surface area contributed by atoms with Crippen molar-refractivity contribution < 1.29 is 22.5 Å². The molecule has 6 nitrogen and oxygen atoms in total. The van der Waals surface area contributed by atoms with Crippen LogP contribution in [0.15, 0.2) is 40.2 Å². The fourth-order valence-corrected chi connectivity index (χ4v) is 4.34. The van der Waals surface area contributed by atoms with Gasteiger partial charge in [0, 0.05) is 43.2 Å². The minimum atomic E-state index is -3.63. The van der Waals surface area contributed by atoms with Gasteiger partial charge in [0.25, 0.3) is 0 Å². The lowest BCUT2D eigenvalue weighted by atomic mass is 10.1. The van der Waals surface area contributed by atoms with Crippen LogP contribution in [0, 0.1) is 21.9 Å². The molecule has 0 fully saturated rings. The number of hydrogen-bond donors (Lipinski definition) is 1. The SMILES string of the molecule is COCCCN=C1CCc2c(Oc3cc(F)cc(C#N)c3)ccc(S(=N)(=O)CF)c21. The lowest BCUT2D eigenvalue weighted by molar-refractivity contribution is 0.197. The summed E-state index contributed by atoms with van der Waals surface area (Å²) in [5, 5.41) is 9.03. The van der Waals surface area contributed by atoms with E-state index in [0.29, 0.717) is 55.0 Å². The highest BCUT2D eigenvalue weighted by Gasteiger charge is 2.29. The molecule has 2 aromatic carbocycles. The van der Waals surface area contributed by atoms with Crippen molar-refractivity contribution in [2.45, 2.75) is 24.2 Å². The number of hydrogen-bond acceptors (Lipinski definition) is 6. The van der Waals surface area contributed by atoms with Crippen LogP contribution in [0.2, 0.25) is 0 Å². The first kappa shape index (κ1) is 21.9. The summed E-state index contributed by atoms with van der Waals surface area (Å²) in [5.74, 6) is -0.0900. The van der Waals surface area contributed by atoms with E-state index in [1.165, 1.54) is 18.2 Å². The van der Waals surface area contributed by atoms with Crippen molar-refractivity contribution in [3.63, 3.8) is 0 Å². The van der Waals surface area contributed by atoms with Crippen LogP contribution in [-0.2, 0) is 20.9 Å². The molecule has 9 heteroatoms. The number of benzene rings is 2. The summed E-state index contributed by atoms with van der Waals surface area (Å²) in [5.41, 5.74) is 1.88. The van der Waals surface area contributed by atoms with E-state index in [1.54, 1.807) is 7.11 Å². The fraction of sp³-hybridized carbons (Fsp3) is 0.333. The van der Waals surface area contributed by atoms with Crippen LogP contribution in [0.4, 0.5) is 8.78 Å². The number of nitriles is 1. The molecule has 0 saturated carbocycles. The van der Waals surface area contributed by atoms with Crippen LogP contribution in [0.3, 0.4) is 0 Å². The van der Waals surface area contributed by atoms with Gasteiger partial charge in [0.1, 0.15) is 27.0 Å². The number of ether oxygens (including phenoxy) is 2. The number of alkyl halides is 1. The molecule has 3 rings (SSSR count). The Kier molecular flexibility index (Phi) is 6.80. The van der Waals surface area contributed by atoms with Gasteiger partial charge >= 0.3 is 0 Å². The number of fused-ring (bicyclic) bond motifs is 1. The zero-order valence-electron chi connectivity index (χ0n) is 16.4. The maximum Gasteiger partial charge on any atom is 0.176 e. The molecule has 1 N–H and O–H groups in total. The average Bonchev–Trinajstić information content (AvgIpc) is 3.15. The van der Waals surface area contributed by atoms with Crippen LogP contribution in [0.25, 0.3) is 0 Å². The molecule has 30 heavy (non-hydrogen) atoms. The summed E-state index contributed by atoms with van der Waals surface area (Å²) in [7, 11) is -2.03. The lowest BCUT2D eigenvalue weighted by Crippen LogP contribution is -2.09. The second kappa shape index (κ2) is 9.32. The molecular weight excluding hydrogens is 412 g/mol. The van der Waals surface area contributed by atoms with E-state index in [1.807, 2.05) is 6.07 Å². The highest BCUT2D eigenvalue weighted by Crippen LogP contribution is 2.38. The number of methoxy groups -OCH3 is 1. The highest BCUT2D eigenvalue weighted by molar-refractivity contribution is 7.92. The van der Waals surface area contributed by atoms with E-state index in [2.05, 4.69) is 4.99 Å². The molecule has 0 amide bonds. The normalized spacial score (nSPS) is 16.1. The molecule has 1 atom stereocenters. The molecule has 158 valence electrons. The average molecular weight is 433 g/mol. The summed E-state index contributed by atoms with van der Waals surface area (Å²) in [4.78, 5) is 4.64. The van der Waals surface area contributed by atoms with Crippen molar-refractivity contribution in [3.8, 4) is 17.6 Å². The number of aliphatic imine (C=N–C) groups is 1. The van der Waals surface area contributed by atoms with Gasteiger partial charge in [0.15, 0.2) is 6.01 Å². The smallest absolute Gasteiger partial charge is 0.176 e. The highest BCUT2D eigenvalue weighted by atomic mass is 32.2. The van der Waals surface area contributed by atoms with Gasteiger partial charge in [-0.1, -0.05) is 0 Å². The first-order valence-electron chi connectivity index (χ1n) is 9.29. The Labute approximate surface area is 174 Å². The summed E-state index contributed by atoms with van der Waals surface area (Å²) in [6.07, 6.45) is 1.73. The van der Waals surface area contributed by atoms with Crippen molar-refractivity contribution in [3.05, 3.63) is 52.8 Å². The van der Waals surface area contributed by atoms with E-state index >= 15 is 0 Å². The lowest BCUT2D eigenvalue weighted by Gasteiger charge is -2.15. The van der Waals surface area contributed by atoms with E-state index < -0.39 is 21.6 Å². The third kappa shape index (κ3) is 4.66. The number of nitrogens with zero attached hydrogens (tertiary/aromatic N) is 2. The number of halogens is 2. The van der Waals surface area contributed by atoms with Crippen molar-refractivity contribution in [1.82, 2.24) is 0 Å². The zero-order chi connectivity index (χ0) is 21.7. The van der Waals surface area contributed by atoms with E-state index in [-0.39, 0.29) is 16.2 Å². The number of rotatable bonds is 8. The molecule has 0 saturated heterocycles. The van der Waals surface area contributed by atoms with Crippen LogP contribution < -0.4 is 4.74 Å². The molecule has 1 unspecified atom stereocenters.